The van der Waals surface area contributed by atoms with E-state index in [-0.39, 0.29) is 12.1 Å². The average Bonchev–Trinajstić information content (AvgIpc) is 3.47. The zero-order valence-corrected chi connectivity index (χ0v) is 18.5. The molecule has 3 atom stereocenters. The lowest BCUT2D eigenvalue weighted by Gasteiger charge is -2.38. The van der Waals surface area contributed by atoms with Gasteiger partial charge in [0, 0.05) is 24.6 Å². The number of ether oxygens (including phenoxy) is 4. The van der Waals surface area contributed by atoms with Crippen molar-refractivity contribution in [1.82, 2.24) is 4.90 Å². The van der Waals surface area contributed by atoms with Gasteiger partial charge in [0.25, 0.3) is 0 Å². The molecular weight excluding hydrogens is 402 g/mol. The molecule has 1 saturated heterocycles. The number of aliphatic hydroxyl groups is 1. The van der Waals surface area contributed by atoms with Crippen molar-refractivity contribution in [3.8, 4) is 11.5 Å². The Morgan fingerprint density at radius 1 is 1.27 bits per heavy atom. The van der Waals surface area contributed by atoms with E-state index in [0.717, 1.165) is 43.9 Å². The van der Waals surface area contributed by atoms with Gasteiger partial charge in [-0.25, -0.2) is 0 Å². The maximum Gasteiger partial charge on any atom is 0.161 e. The van der Waals surface area contributed by atoms with E-state index in [0.29, 0.717) is 19.8 Å². The summed E-state index contributed by atoms with van der Waals surface area (Å²) in [4.78, 5) is 3.61. The summed E-state index contributed by atoms with van der Waals surface area (Å²) in [5.74, 6) is 1.50. The highest BCUT2D eigenvalue weighted by atomic mass is 32.1. The molecule has 1 aromatic heterocycles. The number of aliphatic hydroxyl groups excluding tert-OH is 1. The first kappa shape index (κ1) is 21.6. The van der Waals surface area contributed by atoms with E-state index in [1.807, 2.05) is 0 Å². The van der Waals surface area contributed by atoms with Crippen LogP contribution in [0.4, 0.5) is 0 Å². The summed E-state index contributed by atoms with van der Waals surface area (Å²) < 4.78 is 22.4. The van der Waals surface area contributed by atoms with Crippen molar-refractivity contribution in [2.45, 2.75) is 37.5 Å². The van der Waals surface area contributed by atoms with E-state index in [2.05, 4.69) is 34.5 Å². The molecule has 6 nitrogen and oxygen atoms in total. The van der Waals surface area contributed by atoms with Gasteiger partial charge in [0.2, 0.25) is 0 Å². The largest absolute Gasteiger partial charge is 0.493 e. The third kappa shape index (κ3) is 4.81. The van der Waals surface area contributed by atoms with Gasteiger partial charge in [0.1, 0.15) is 0 Å². The zero-order valence-electron chi connectivity index (χ0n) is 17.7. The van der Waals surface area contributed by atoms with Gasteiger partial charge < -0.3 is 24.1 Å². The molecule has 1 fully saturated rings. The number of rotatable bonds is 9. The molecule has 2 aliphatic heterocycles. The number of thiophene rings is 1. The number of methoxy groups -OCH3 is 2. The van der Waals surface area contributed by atoms with Gasteiger partial charge in [0.05, 0.1) is 45.7 Å². The van der Waals surface area contributed by atoms with Crippen molar-refractivity contribution in [2.24, 2.45) is 0 Å². The second-order valence-corrected chi connectivity index (χ2v) is 8.87. The predicted molar refractivity (Wildman–Crippen MR) is 117 cm³/mol. The van der Waals surface area contributed by atoms with Crippen LogP contribution >= 0.6 is 11.3 Å². The van der Waals surface area contributed by atoms with Crippen LogP contribution in [-0.2, 0) is 15.9 Å². The zero-order chi connectivity index (χ0) is 20.9. The average molecular weight is 434 g/mol. The Hall–Kier alpha value is -1.64. The van der Waals surface area contributed by atoms with Crippen LogP contribution in [0.25, 0.3) is 0 Å². The van der Waals surface area contributed by atoms with Crippen LogP contribution in [0.3, 0.4) is 0 Å². The molecule has 164 valence electrons. The fraction of sp³-hybridized carbons (Fsp3) is 0.565. The van der Waals surface area contributed by atoms with Crippen LogP contribution in [0.2, 0.25) is 0 Å². The minimum absolute atomic E-state index is 0.0846. The highest BCUT2D eigenvalue weighted by Crippen LogP contribution is 2.42. The molecule has 30 heavy (non-hydrogen) atoms. The first-order valence-electron chi connectivity index (χ1n) is 10.6. The van der Waals surface area contributed by atoms with Crippen LogP contribution in [0.15, 0.2) is 29.6 Å². The van der Waals surface area contributed by atoms with E-state index in [1.54, 1.807) is 25.6 Å². The van der Waals surface area contributed by atoms with Gasteiger partial charge in [-0.2, -0.15) is 0 Å². The molecule has 4 rings (SSSR count). The van der Waals surface area contributed by atoms with Crippen molar-refractivity contribution < 1.29 is 24.1 Å². The molecular formula is C23H31NO5S. The van der Waals surface area contributed by atoms with Gasteiger partial charge in [-0.05, 0) is 54.0 Å². The van der Waals surface area contributed by atoms with E-state index in [1.165, 1.54) is 16.0 Å². The number of nitrogens with zero attached hydrogens (tertiary/aromatic N) is 1. The van der Waals surface area contributed by atoms with Crippen LogP contribution < -0.4 is 9.47 Å². The Morgan fingerprint density at radius 3 is 2.80 bits per heavy atom. The Labute approximate surface area is 182 Å². The molecule has 2 aromatic rings. The van der Waals surface area contributed by atoms with E-state index >= 15 is 0 Å². The Morgan fingerprint density at radius 2 is 2.10 bits per heavy atom. The van der Waals surface area contributed by atoms with Gasteiger partial charge >= 0.3 is 0 Å². The maximum atomic E-state index is 10.7. The van der Waals surface area contributed by atoms with Crippen LogP contribution in [-0.4, -0.2) is 69.3 Å². The lowest BCUT2D eigenvalue weighted by molar-refractivity contribution is -0.0278. The Bertz CT molecular complexity index is 806. The molecule has 0 spiro atoms. The lowest BCUT2D eigenvalue weighted by atomic mass is 9.90. The minimum Gasteiger partial charge on any atom is -0.493 e. The topological polar surface area (TPSA) is 60.4 Å². The summed E-state index contributed by atoms with van der Waals surface area (Å²) in [6.45, 7) is 3.13. The summed E-state index contributed by atoms with van der Waals surface area (Å²) in [6, 6.07) is 8.50. The molecule has 0 saturated carbocycles. The molecule has 2 aliphatic rings. The quantitative estimate of drug-likeness (QED) is 0.655. The molecule has 0 amide bonds. The first-order valence-corrected chi connectivity index (χ1v) is 11.5. The van der Waals surface area contributed by atoms with E-state index < -0.39 is 6.10 Å². The molecule has 0 radical (unpaired) electrons. The summed E-state index contributed by atoms with van der Waals surface area (Å²) >= 11 is 1.74. The normalized spacial score (nSPS) is 22.6. The predicted octanol–water partition coefficient (Wildman–Crippen LogP) is 3.27. The summed E-state index contributed by atoms with van der Waals surface area (Å²) in [6.07, 6.45) is 2.68. The highest BCUT2D eigenvalue weighted by molar-refractivity contribution is 7.10. The molecule has 7 heteroatoms. The number of hydrogen-bond donors (Lipinski definition) is 1. The number of β-amino-alcohol motifs (C(OH)–C–C–N with tert-alkyl or cyclic N) is 1. The summed E-state index contributed by atoms with van der Waals surface area (Å²) in [5, 5.41) is 12.8. The standard InChI is InChI=1S/C23H31NO5S/c1-26-20-11-16-7-8-24(13-17(25)14-28-15-18-5-3-9-29-18)23(22-6-4-10-30-22)19(16)12-21(20)27-2/h4,6,10-12,17-18,23,25H,3,5,7-9,13-15H2,1-2H3/t17-,18-,23-/m1/s1. The van der Waals surface area contributed by atoms with Crippen LogP contribution in [0.1, 0.15) is 34.9 Å². The smallest absolute Gasteiger partial charge is 0.161 e. The molecule has 1 aromatic carbocycles. The number of fused-ring (bicyclic) bond motifs is 1. The fourth-order valence-corrected chi connectivity index (χ4v) is 5.29. The molecule has 1 N–H and O–H groups in total. The lowest BCUT2D eigenvalue weighted by Crippen LogP contribution is -2.42. The number of benzene rings is 1. The van der Waals surface area contributed by atoms with Gasteiger partial charge in [-0.15, -0.1) is 11.3 Å². The number of hydrogen-bond acceptors (Lipinski definition) is 7. The minimum atomic E-state index is -0.546. The summed E-state index contributed by atoms with van der Waals surface area (Å²) in [5.41, 5.74) is 2.49. The van der Waals surface area contributed by atoms with Crippen molar-refractivity contribution in [2.75, 3.05) is 47.1 Å². The third-order valence-corrected chi connectivity index (χ3v) is 6.79. The van der Waals surface area contributed by atoms with Crippen molar-refractivity contribution >= 4 is 11.3 Å². The SMILES string of the molecule is COc1cc2c(cc1OC)[C@H](c1cccs1)N(C[C@@H](O)COC[C@H]1CCCO1)CC2. The van der Waals surface area contributed by atoms with Gasteiger partial charge in [-0.1, -0.05) is 6.07 Å². The van der Waals surface area contributed by atoms with Gasteiger partial charge in [-0.3, -0.25) is 4.90 Å². The first-order chi connectivity index (χ1) is 14.7. The Kier molecular flexibility index (Phi) is 7.28. The van der Waals surface area contributed by atoms with E-state index in [9.17, 15) is 5.11 Å². The molecule has 3 heterocycles. The fourth-order valence-electron chi connectivity index (χ4n) is 4.41. The molecule has 0 unspecified atom stereocenters. The second-order valence-electron chi connectivity index (χ2n) is 7.90. The van der Waals surface area contributed by atoms with Crippen molar-refractivity contribution in [3.05, 3.63) is 45.6 Å². The Balaban J connectivity index is 1.49. The van der Waals surface area contributed by atoms with Gasteiger partial charge in [0.15, 0.2) is 11.5 Å². The summed E-state index contributed by atoms with van der Waals surface area (Å²) in [7, 11) is 3.34. The highest BCUT2D eigenvalue weighted by Gasteiger charge is 2.32. The molecule has 0 bridgehead atoms. The monoisotopic (exact) mass is 433 g/mol. The van der Waals surface area contributed by atoms with Crippen LogP contribution in [0, 0.1) is 0 Å². The molecule has 0 aliphatic carbocycles. The van der Waals surface area contributed by atoms with Crippen molar-refractivity contribution in [1.29, 1.82) is 0 Å². The van der Waals surface area contributed by atoms with Crippen LogP contribution in [0.5, 0.6) is 11.5 Å². The second kappa shape index (κ2) is 10.1. The van der Waals surface area contributed by atoms with E-state index in [4.69, 9.17) is 18.9 Å². The maximum absolute atomic E-state index is 10.7. The van der Waals surface area contributed by atoms with Crippen molar-refractivity contribution in [3.63, 3.8) is 0 Å². The third-order valence-electron chi connectivity index (χ3n) is 5.87.